The predicted molar refractivity (Wildman–Crippen MR) is 106 cm³/mol. The molecule has 5 nitrogen and oxygen atoms in total. The zero-order valence-corrected chi connectivity index (χ0v) is 17.4. The Morgan fingerprint density at radius 1 is 1.30 bits per heavy atom. The minimum absolute atomic E-state index is 0.00581. The number of fused-ring (bicyclic) bond motifs is 3. The van der Waals surface area contributed by atoms with Gasteiger partial charge in [0.2, 0.25) is 0 Å². The minimum Gasteiger partial charge on any atom is -0.466 e. The van der Waals surface area contributed by atoms with Crippen molar-refractivity contribution in [2.75, 3.05) is 11.9 Å². The van der Waals surface area contributed by atoms with Gasteiger partial charge in [0, 0.05) is 12.1 Å². The molecule has 2 heterocycles. The number of aromatic nitrogens is 2. The summed E-state index contributed by atoms with van der Waals surface area (Å²) in [6.07, 6.45) is 4.40. The number of rotatable bonds is 5. The van der Waals surface area contributed by atoms with Crippen molar-refractivity contribution < 1.29 is 13.9 Å². The minimum atomic E-state index is -0.249. The summed E-state index contributed by atoms with van der Waals surface area (Å²) in [5.74, 6) is 1.18. The Morgan fingerprint density at radius 2 is 2.04 bits per heavy atom. The molecule has 8 heteroatoms. The lowest BCUT2D eigenvalue weighted by Gasteiger charge is -2.47. The molecule has 1 N–H and O–H groups in total. The topological polar surface area (TPSA) is 64.1 Å². The van der Waals surface area contributed by atoms with Gasteiger partial charge in [-0.15, -0.1) is 11.3 Å². The van der Waals surface area contributed by atoms with Crippen molar-refractivity contribution in [2.24, 2.45) is 17.8 Å². The van der Waals surface area contributed by atoms with E-state index in [0.717, 1.165) is 41.9 Å². The van der Waals surface area contributed by atoms with Crippen LogP contribution in [0.5, 0.6) is 0 Å². The van der Waals surface area contributed by atoms with Crippen LogP contribution >= 0.6 is 27.3 Å². The fraction of sp³-hybridized carbons (Fsp3) is 0.526. The summed E-state index contributed by atoms with van der Waals surface area (Å²) in [7, 11) is 0. The van der Waals surface area contributed by atoms with Crippen LogP contribution in [0, 0.1) is 22.9 Å². The molecule has 2 atom stereocenters. The maximum Gasteiger partial charge on any atom is 0.311 e. The van der Waals surface area contributed by atoms with E-state index in [-0.39, 0.29) is 23.1 Å². The number of halogens is 2. The normalized spacial score (nSPS) is 26.8. The lowest BCUT2D eigenvalue weighted by molar-refractivity contribution is -0.154. The van der Waals surface area contributed by atoms with E-state index in [0.29, 0.717) is 34.7 Å². The first-order valence-electron chi connectivity index (χ1n) is 9.28. The molecular formula is C19H21BrFN3O2S. The molecule has 3 aliphatic carbocycles. The Hall–Kier alpha value is -1.54. The van der Waals surface area contributed by atoms with Crippen molar-refractivity contribution in [2.45, 2.75) is 38.6 Å². The number of esters is 1. The van der Waals surface area contributed by atoms with Crippen molar-refractivity contribution in [1.82, 2.24) is 9.97 Å². The molecule has 0 spiro atoms. The van der Waals surface area contributed by atoms with Crippen molar-refractivity contribution in [3.05, 3.63) is 28.1 Å². The molecule has 27 heavy (non-hydrogen) atoms. The summed E-state index contributed by atoms with van der Waals surface area (Å²) in [6, 6.07) is 4.97. The van der Waals surface area contributed by atoms with Crippen molar-refractivity contribution in [3.8, 4) is 10.6 Å². The standard InChI is InChI=1S/C19H21BrFN3O2S/c1-2-26-18(25)16-10-3-5-11(6-4-10)17(16)23-15-9-12(22-19(20)24-15)13-7-8-14(21)27-13/h7-11,16-17H,2-6H2,1H3,(H,22,23,24)/t10?,11?,16-,17-/m1/s1. The van der Waals surface area contributed by atoms with Crippen LogP contribution in [-0.2, 0) is 9.53 Å². The average molecular weight is 454 g/mol. The first-order valence-corrected chi connectivity index (χ1v) is 10.9. The Labute approximate surface area is 169 Å². The number of nitrogens with zero attached hydrogens (tertiary/aromatic N) is 2. The summed E-state index contributed by atoms with van der Waals surface area (Å²) >= 11 is 4.40. The van der Waals surface area contributed by atoms with Gasteiger partial charge in [0.05, 0.1) is 23.1 Å². The van der Waals surface area contributed by atoms with Gasteiger partial charge in [-0.3, -0.25) is 4.79 Å². The smallest absolute Gasteiger partial charge is 0.311 e. The zero-order chi connectivity index (χ0) is 19.0. The third-order valence-electron chi connectivity index (χ3n) is 5.62. The molecule has 2 aromatic heterocycles. The lowest BCUT2D eigenvalue weighted by atomic mass is 9.61. The van der Waals surface area contributed by atoms with E-state index < -0.39 is 0 Å². The van der Waals surface area contributed by atoms with Crippen LogP contribution in [0.25, 0.3) is 10.6 Å². The molecule has 0 amide bonds. The van der Waals surface area contributed by atoms with Crippen molar-refractivity contribution >= 4 is 39.1 Å². The fourth-order valence-corrected chi connectivity index (χ4v) is 5.55. The second-order valence-electron chi connectivity index (χ2n) is 7.13. The second-order valence-corrected chi connectivity index (χ2v) is 8.88. The molecule has 3 saturated carbocycles. The van der Waals surface area contributed by atoms with Crippen LogP contribution < -0.4 is 5.32 Å². The third kappa shape index (κ3) is 3.87. The van der Waals surface area contributed by atoms with E-state index in [9.17, 15) is 9.18 Å². The summed E-state index contributed by atoms with van der Waals surface area (Å²) in [5.41, 5.74) is 0.655. The summed E-state index contributed by atoms with van der Waals surface area (Å²) in [5, 5.41) is 3.24. The Bertz CT molecular complexity index is 838. The maximum atomic E-state index is 13.4. The first kappa shape index (κ1) is 18.8. The molecule has 0 radical (unpaired) electrons. The van der Waals surface area contributed by atoms with E-state index >= 15 is 0 Å². The number of carbonyl (C=O) groups is 1. The maximum absolute atomic E-state index is 13.4. The average Bonchev–Trinajstić information content (AvgIpc) is 3.09. The second kappa shape index (κ2) is 7.83. The van der Waals surface area contributed by atoms with E-state index in [2.05, 4.69) is 31.2 Å². The SMILES string of the molecule is CCOC(=O)[C@@H]1C2CCC(CC2)[C@H]1Nc1cc(-c2ccc(F)s2)nc(Br)n1. The number of carbonyl (C=O) groups excluding carboxylic acids is 1. The molecule has 0 unspecified atom stereocenters. The molecule has 3 aliphatic rings. The quantitative estimate of drug-likeness (QED) is 0.515. The van der Waals surface area contributed by atoms with Gasteiger partial charge in [0.25, 0.3) is 0 Å². The highest BCUT2D eigenvalue weighted by molar-refractivity contribution is 9.10. The summed E-state index contributed by atoms with van der Waals surface area (Å²) < 4.78 is 19.2. The number of anilines is 1. The monoisotopic (exact) mass is 453 g/mol. The fourth-order valence-electron chi connectivity index (χ4n) is 4.48. The molecule has 0 saturated heterocycles. The van der Waals surface area contributed by atoms with Gasteiger partial charge in [0.1, 0.15) is 5.82 Å². The van der Waals surface area contributed by atoms with Gasteiger partial charge in [-0.05, 0) is 72.5 Å². The highest BCUT2D eigenvalue weighted by atomic mass is 79.9. The molecule has 0 aliphatic heterocycles. The number of nitrogens with one attached hydrogen (secondary N) is 1. The zero-order valence-electron chi connectivity index (χ0n) is 15.0. The number of hydrogen-bond donors (Lipinski definition) is 1. The first-order chi connectivity index (χ1) is 13.0. The number of ether oxygens (including phenoxy) is 1. The third-order valence-corrected chi connectivity index (χ3v) is 6.87. The lowest BCUT2D eigenvalue weighted by Crippen LogP contribution is -2.52. The molecule has 3 fully saturated rings. The van der Waals surface area contributed by atoms with E-state index in [1.54, 1.807) is 6.07 Å². The number of hydrogen-bond acceptors (Lipinski definition) is 6. The molecular weight excluding hydrogens is 433 g/mol. The highest BCUT2D eigenvalue weighted by Gasteiger charge is 2.48. The Kier molecular flexibility index (Phi) is 5.45. The van der Waals surface area contributed by atoms with Gasteiger partial charge < -0.3 is 10.1 Å². The highest BCUT2D eigenvalue weighted by Crippen LogP contribution is 2.46. The Morgan fingerprint density at radius 3 is 2.70 bits per heavy atom. The van der Waals surface area contributed by atoms with Crippen molar-refractivity contribution in [1.29, 1.82) is 0 Å². The van der Waals surface area contributed by atoms with Gasteiger partial charge in [0.15, 0.2) is 9.86 Å². The van der Waals surface area contributed by atoms with Crippen LogP contribution in [-0.4, -0.2) is 28.6 Å². The van der Waals surface area contributed by atoms with Gasteiger partial charge >= 0.3 is 5.97 Å². The molecule has 0 aromatic carbocycles. The van der Waals surface area contributed by atoms with Crippen LogP contribution in [0.4, 0.5) is 10.2 Å². The van der Waals surface area contributed by atoms with Crippen LogP contribution in [0.1, 0.15) is 32.6 Å². The molecule has 2 bridgehead atoms. The van der Waals surface area contributed by atoms with Crippen molar-refractivity contribution in [3.63, 3.8) is 0 Å². The van der Waals surface area contributed by atoms with Crippen LogP contribution in [0.15, 0.2) is 22.9 Å². The van der Waals surface area contributed by atoms with Gasteiger partial charge in [-0.2, -0.15) is 4.39 Å². The van der Waals surface area contributed by atoms with Gasteiger partial charge in [-0.25, -0.2) is 9.97 Å². The summed E-state index contributed by atoms with van der Waals surface area (Å²) in [6.45, 7) is 2.24. The van der Waals surface area contributed by atoms with Gasteiger partial charge in [-0.1, -0.05) is 0 Å². The van der Waals surface area contributed by atoms with E-state index in [4.69, 9.17) is 4.74 Å². The van der Waals surface area contributed by atoms with Crippen LogP contribution in [0.3, 0.4) is 0 Å². The van der Waals surface area contributed by atoms with Crippen LogP contribution in [0.2, 0.25) is 0 Å². The number of thiophene rings is 1. The molecule has 2 aromatic rings. The van der Waals surface area contributed by atoms with E-state index in [1.807, 2.05) is 13.0 Å². The largest absolute Gasteiger partial charge is 0.466 e. The van der Waals surface area contributed by atoms with E-state index in [1.165, 1.54) is 6.07 Å². The Balaban J connectivity index is 1.62. The summed E-state index contributed by atoms with van der Waals surface area (Å²) in [4.78, 5) is 22.1. The molecule has 144 valence electrons. The predicted octanol–water partition coefficient (Wildman–Crippen LogP) is 4.89. The molecule has 5 rings (SSSR count).